The van der Waals surface area contributed by atoms with Gasteiger partial charge >= 0.3 is 0 Å². The Kier molecular flexibility index (Phi) is 7.10. The SMILES string of the molecule is CCN1CCN(C(=S)c2cccc(OC)c2OCc2c(F)cccc2Cl)CC1. The summed E-state index contributed by atoms with van der Waals surface area (Å²) in [6.07, 6.45) is 0. The van der Waals surface area contributed by atoms with Crippen LogP contribution in [0.3, 0.4) is 0 Å². The second-order valence-corrected chi connectivity index (χ2v) is 7.35. The quantitative estimate of drug-likeness (QED) is 0.643. The van der Waals surface area contributed by atoms with Gasteiger partial charge in [-0.25, -0.2) is 4.39 Å². The second kappa shape index (κ2) is 9.54. The first kappa shape index (κ1) is 20.8. The van der Waals surface area contributed by atoms with Gasteiger partial charge in [0, 0.05) is 31.7 Å². The summed E-state index contributed by atoms with van der Waals surface area (Å²) >= 11 is 11.9. The third-order valence-electron chi connectivity index (χ3n) is 4.96. The molecule has 3 rings (SSSR count). The lowest BCUT2D eigenvalue weighted by Gasteiger charge is -2.36. The Morgan fingerprint density at radius 3 is 2.50 bits per heavy atom. The molecular formula is C21H24ClFN2O2S. The third-order valence-corrected chi connectivity index (χ3v) is 5.79. The van der Waals surface area contributed by atoms with Crippen molar-refractivity contribution in [3.8, 4) is 11.5 Å². The van der Waals surface area contributed by atoms with E-state index in [4.69, 9.17) is 33.3 Å². The Bertz CT molecular complexity index is 821. The van der Waals surface area contributed by atoms with Gasteiger partial charge in [0.25, 0.3) is 0 Å². The van der Waals surface area contributed by atoms with E-state index in [1.807, 2.05) is 12.1 Å². The van der Waals surface area contributed by atoms with Crippen molar-refractivity contribution in [1.82, 2.24) is 9.80 Å². The summed E-state index contributed by atoms with van der Waals surface area (Å²) in [5, 5.41) is 0.328. The molecule has 2 aromatic rings. The summed E-state index contributed by atoms with van der Waals surface area (Å²) in [6, 6.07) is 10.2. The predicted octanol–water partition coefficient (Wildman–Crippen LogP) is 4.38. The van der Waals surface area contributed by atoms with Crippen LogP contribution in [0.4, 0.5) is 4.39 Å². The highest BCUT2D eigenvalue weighted by molar-refractivity contribution is 7.80. The monoisotopic (exact) mass is 422 g/mol. The number of piperazine rings is 1. The maximum absolute atomic E-state index is 14.1. The molecule has 2 aromatic carbocycles. The molecule has 1 aliphatic heterocycles. The van der Waals surface area contributed by atoms with Gasteiger partial charge in [-0.05, 0) is 30.8 Å². The van der Waals surface area contributed by atoms with E-state index in [0.717, 1.165) is 38.3 Å². The minimum atomic E-state index is -0.401. The highest BCUT2D eigenvalue weighted by Crippen LogP contribution is 2.34. The molecule has 0 radical (unpaired) electrons. The number of hydrogen-bond donors (Lipinski definition) is 0. The largest absolute Gasteiger partial charge is 0.493 e. The van der Waals surface area contributed by atoms with Gasteiger partial charge in [-0.2, -0.15) is 0 Å². The number of methoxy groups -OCH3 is 1. The van der Waals surface area contributed by atoms with Crippen LogP contribution in [0.25, 0.3) is 0 Å². The van der Waals surface area contributed by atoms with Crippen LogP contribution in [0.1, 0.15) is 18.1 Å². The van der Waals surface area contributed by atoms with Gasteiger partial charge < -0.3 is 19.3 Å². The first-order chi connectivity index (χ1) is 13.5. The topological polar surface area (TPSA) is 24.9 Å². The number of para-hydroxylation sites is 1. The van der Waals surface area contributed by atoms with E-state index >= 15 is 0 Å². The molecule has 7 heteroatoms. The molecule has 4 nitrogen and oxygen atoms in total. The third kappa shape index (κ3) is 4.57. The van der Waals surface area contributed by atoms with E-state index in [9.17, 15) is 4.39 Å². The van der Waals surface area contributed by atoms with E-state index in [-0.39, 0.29) is 6.61 Å². The smallest absolute Gasteiger partial charge is 0.171 e. The van der Waals surface area contributed by atoms with E-state index < -0.39 is 5.82 Å². The number of hydrogen-bond acceptors (Lipinski definition) is 4. The van der Waals surface area contributed by atoms with Gasteiger partial charge in [-0.3, -0.25) is 0 Å². The van der Waals surface area contributed by atoms with Crippen LogP contribution < -0.4 is 9.47 Å². The van der Waals surface area contributed by atoms with Crippen LogP contribution in [0.5, 0.6) is 11.5 Å². The maximum atomic E-state index is 14.1. The molecule has 150 valence electrons. The number of rotatable bonds is 6. The molecule has 0 aromatic heterocycles. The van der Waals surface area contributed by atoms with Gasteiger partial charge in [-0.1, -0.05) is 42.9 Å². The molecule has 1 saturated heterocycles. The normalized spacial score (nSPS) is 14.8. The van der Waals surface area contributed by atoms with Crippen LogP contribution in [0, 0.1) is 5.82 Å². The Labute approximate surface area is 175 Å². The van der Waals surface area contributed by atoms with Crippen molar-refractivity contribution in [3.05, 3.63) is 58.4 Å². The summed E-state index contributed by atoms with van der Waals surface area (Å²) in [5.41, 5.74) is 1.08. The molecule has 1 heterocycles. The molecule has 0 spiro atoms. The lowest BCUT2D eigenvalue weighted by molar-refractivity contribution is 0.191. The average Bonchev–Trinajstić information content (AvgIpc) is 2.72. The lowest BCUT2D eigenvalue weighted by atomic mass is 10.1. The number of ether oxygens (including phenoxy) is 2. The zero-order chi connectivity index (χ0) is 20.1. The van der Waals surface area contributed by atoms with Gasteiger partial charge in [0.1, 0.15) is 17.4 Å². The van der Waals surface area contributed by atoms with Crippen LogP contribution >= 0.6 is 23.8 Å². The number of likely N-dealkylation sites (N-methyl/N-ethyl adjacent to an activating group) is 1. The first-order valence-corrected chi connectivity index (χ1v) is 10.1. The Balaban J connectivity index is 1.83. The minimum absolute atomic E-state index is 0.00882. The van der Waals surface area contributed by atoms with Crippen molar-refractivity contribution >= 4 is 28.8 Å². The van der Waals surface area contributed by atoms with Crippen molar-refractivity contribution < 1.29 is 13.9 Å². The number of thiocarbonyl (C=S) groups is 1. The molecule has 0 aliphatic carbocycles. The highest BCUT2D eigenvalue weighted by atomic mass is 35.5. The lowest BCUT2D eigenvalue weighted by Crippen LogP contribution is -2.48. The molecule has 1 aliphatic rings. The molecule has 0 bridgehead atoms. The van der Waals surface area contributed by atoms with E-state index in [0.29, 0.717) is 27.1 Å². The highest BCUT2D eigenvalue weighted by Gasteiger charge is 2.23. The Morgan fingerprint density at radius 1 is 1.14 bits per heavy atom. The summed E-state index contributed by atoms with van der Waals surface area (Å²) in [6.45, 7) is 6.87. The molecule has 28 heavy (non-hydrogen) atoms. The van der Waals surface area contributed by atoms with E-state index in [1.165, 1.54) is 6.07 Å². The molecule has 0 unspecified atom stereocenters. The summed E-state index contributed by atoms with van der Waals surface area (Å²) < 4.78 is 25.6. The van der Waals surface area contributed by atoms with Crippen LogP contribution in [0.2, 0.25) is 5.02 Å². The summed E-state index contributed by atoms with van der Waals surface area (Å²) in [5.74, 6) is 0.661. The maximum Gasteiger partial charge on any atom is 0.171 e. The Morgan fingerprint density at radius 2 is 1.86 bits per heavy atom. The molecule has 0 N–H and O–H groups in total. The fourth-order valence-corrected chi connectivity index (χ4v) is 3.81. The van der Waals surface area contributed by atoms with Crippen molar-refractivity contribution in [2.45, 2.75) is 13.5 Å². The van der Waals surface area contributed by atoms with Gasteiger partial charge in [0.05, 0.1) is 17.7 Å². The molecule has 0 saturated carbocycles. The molecule has 0 atom stereocenters. The van der Waals surface area contributed by atoms with E-state index in [1.54, 1.807) is 25.3 Å². The molecule has 0 amide bonds. The van der Waals surface area contributed by atoms with Crippen LogP contribution in [-0.2, 0) is 6.61 Å². The van der Waals surface area contributed by atoms with Crippen LogP contribution in [-0.4, -0.2) is 54.6 Å². The van der Waals surface area contributed by atoms with Crippen molar-refractivity contribution in [2.24, 2.45) is 0 Å². The number of benzene rings is 2. The zero-order valence-electron chi connectivity index (χ0n) is 16.1. The van der Waals surface area contributed by atoms with Gasteiger partial charge in [0.15, 0.2) is 11.5 Å². The molecular weight excluding hydrogens is 399 g/mol. The summed E-state index contributed by atoms with van der Waals surface area (Å²) in [7, 11) is 1.57. The second-order valence-electron chi connectivity index (χ2n) is 6.55. The molecule has 1 fully saturated rings. The van der Waals surface area contributed by atoms with E-state index in [2.05, 4.69) is 16.7 Å². The standard InChI is InChI=1S/C21H24ClFN2O2S/c1-3-24-10-12-25(13-11-24)21(28)15-6-4-9-19(26-2)20(15)27-14-16-17(22)7-5-8-18(16)23/h4-9H,3,10-14H2,1-2H3. The minimum Gasteiger partial charge on any atom is -0.493 e. The average molecular weight is 423 g/mol. The fraction of sp³-hybridized carbons (Fsp3) is 0.381. The van der Waals surface area contributed by atoms with Crippen LogP contribution in [0.15, 0.2) is 36.4 Å². The van der Waals surface area contributed by atoms with Crippen molar-refractivity contribution in [1.29, 1.82) is 0 Å². The van der Waals surface area contributed by atoms with Gasteiger partial charge in [0.2, 0.25) is 0 Å². The number of halogens is 2. The predicted molar refractivity (Wildman–Crippen MR) is 114 cm³/mol. The number of nitrogens with zero attached hydrogens (tertiary/aromatic N) is 2. The summed E-state index contributed by atoms with van der Waals surface area (Å²) in [4.78, 5) is 5.28. The Hall–Kier alpha value is -1.89. The van der Waals surface area contributed by atoms with Crippen molar-refractivity contribution in [3.63, 3.8) is 0 Å². The zero-order valence-corrected chi connectivity index (χ0v) is 17.7. The van der Waals surface area contributed by atoms with Gasteiger partial charge in [-0.15, -0.1) is 0 Å². The first-order valence-electron chi connectivity index (χ1n) is 9.29. The fourth-order valence-electron chi connectivity index (χ4n) is 3.25. The van der Waals surface area contributed by atoms with Crippen molar-refractivity contribution in [2.75, 3.05) is 39.8 Å².